The molecule has 7 heteroatoms. The van der Waals surface area contributed by atoms with Gasteiger partial charge >= 0.3 is 0 Å². The van der Waals surface area contributed by atoms with Gasteiger partial charge in [-0.05, 0) is 24.3 Å². The van der Waals surface area contributed by atoms with Gasteiger partial charge in [0.15, 0.2) is 0 Å². The summed E-state index contributed by atoms with van der Waals surface area (Å²) in [6, 6.07) is 12.3. The van der Waals surface area contributed by atoms with Gasteiger partial charge in [-0.1, -0.05) is 28.1 Å². The van der Waals surface area contributed by atoms with Crippen molar-refractivity contribution >= 4 is 33.5 Å². The summed E-state index contributed by atoms with van der Waals surface area (Å²) in [5.41, 5.74) is 2.43. The van der Waals surface area contributed by atoms with E-state index in [-0.39, 0.29) is 11.5 Å². The molecule has 5 nitrogen and oxygen atoms in total. The zero-order valence-corrected chi connectivity index (χ0v) is 15.1. The van der Waals surface area contributed by atoms with Gasteiger partial charge in [-0.2, -0.15) is 5.10 Å². The Labute approximate surface area is 151 Å². The van der Waals surface area contributed by atoms with E-state index < -0.39 is 0 Å². The highest BCUT2D eigenvalue weighted by Crippen LogP contribution is 2.23. The number of phenols is 2. The van der Waals surface area contributed by atoms with Crippen molar-refractivity contribution in [3.05, 3.63) is 62.7 Å². The van der Waals surface area contributed by atoms with Gasteiger partial charge in [0.1, 0.15) is 11.5 Å². The smallest absolute Gasteiger partial charge is 0.205 e. The number of hydrogen-bond acceptors (Lipinski definition) is 5. The molecule has 0 fully saturated rings. The van der Waals surface area contributed by atoms with Crippen LogP contribution in [0.5, 0.6) is 11.5 Å². The van der Waals surface area contributed by atoms with Crippen LogP contribution in [0.25, 0.3) is 11.3 Å². The van der Waals surface area contributed by atoms with Crippen molar-refractivity contribution in [2.45, 2.75) is 0 Å². The van der Waals surface area contributed by atoms with Gasteiger partial charge in [-0.25, -0.2) is 4.68 Å². The second kappa shape index (κ2) is 7.02. The van der Waals surface area contributed by atoms with Crippen LogP contribution in [0.4, 0.5) is 0 Å². The molecule has 0 radical (unpaired) electrons. The van der Waals surface area contributed by atoms with E-state index in [0.29, 0.717) is 5.56 Å². The molecule has 0 atom stereocenters. The van der Waals surface area contributed by atoms with Crippen molar-refractivity contribution in [2.75, 3.05) is 7.05 Å². The molecular weight excluding hydrogens is 390 g/mol. The molecule has 0 saturated heterocycles. The first-order chi connectivity index (χ1) is 11.6. The number of aromatic nitrogens is 1. The molecule has 2 N–H and O–H groups in total. The van der Waals surface area contributed by atoms with Crippen LogP contribution in [0, 0.1) is 0 Å². The minimum atomic E-state index is -0.0326. The van der Waals surface area contributed by atoms with Crippen LogP contribution in [0.3, 0.4) is 0 Å². The van der Waals surface area contributed by atoms with Crippen LogP contribution in [0.15, 0.2) is 62.4 Å². The zero-order chi connectivity index (χ0) is 17.1. The molecule has 0 bridgehead atoms. The Morgan fingerprint density at radius 1 is 1.12 bits per heavy atom. The Bertz CT molecular complexity index is 959. The lowest BCUT2D eigenvalue weighted by atomic mass is 10.2. The van der Waals surface area contributed by atoms with Gasteiger partial charge in [-0.3, -0.25) is 4.99 Å². The van der Waals surface area contributed by atoms with Crippen LogP contribution < -0.4 is 4.80 Å². The number of benzene rings is 2. The van der Waals surface area contributed by atoms with Gasteiger partial charge < -0.3 is 10.2 Å². The maximum atomic E-state index is 9.88. The van der Waals surface area contributed by atoms with Crippen molar-refractivity contribution in [3.63, 3.8) is 0 Å². The van der Waals surface area contributed by atoms with Crippen LogP contribution in [-0.4, -0.2) is 28.2 Å². The molecule has 122 valence electrons. The van der Waals surface area contributed by atoms with Crippen molar-refractivity contribution in [2.24, 2.45) is 10.1 Å². The van der Waals surface area contributed by atoms with E-state index in [1.54, 1.807) is 24.0 Å². The third kappa shape index (κ3) is 3.42. The number of phenolic OH excluding ortho intramolecular Hbond substituents is 2. The van der Waals surface area contributed by atoms with Crippen LogP contribution >= 0.6 is 27.3 Å². The highest BCUT2D eigenvalue weighted by molar-refractivity contribution is 9.10. The van der Waals surface area contributed by atoms with Gasteiger partial charge in [0, 0.05) is 34.1 Å². The molecule has 1 heterocycles. The summed E-state index contributed by atoms with van der Waals surface area (Å²) in [5, 5.41) is 25.7. The SMILES string of the molecule is CN=c1scc(-c2ccc(Br)cc2)n1N=Cc1ccc(O)cc1O. The van der Waals surface area contributed by atoms with E-state index in [9.17, 15) is 10.2 Å². The molecule has 0 saturated carbocycles. The normalized spacial score (nSPS) is 12.2. The van der Waals surface area contributed by atoms with E-state index in [1.807, 2.05) is 29.6 Å². The summed E-state index contributed by atoms with van der Waals surface area (Å²) < 4.78 is 2.73. The average Bonchev–Trinajstić information content (AvgIpc) is 2.97. The Hall–Kier alpha value is -2.38. The zero-order valence-electron chi connectivity index (χ0n) is 12.7. The molecule has 2 aromatic carbocycles. The fourth-order valence-corrected chi connectivity index (χ4v) is 3.21. The molecule has 0 aliphatic rings. The first-order valence-corrected chi connectivity index (χ1v) is 8.71. The second-order valence-corrected chi connectivity index (χ2v) is 6.69. The lowest BCUT2D eigenvalue weighted by Crippen LogP contribution is -2.11. The number of rotatable bonds is 3. The molecule has 0 aliphatic carbocycles. The lowest BCUT2D eigenvalue weighted by Gasteiger charge is -2.04. The average molecular weight is 404 g/mol. The Balaban J connectivity index is 2.05. The Morgan fingerprint density at radius 2 is 1.88 bits per heavy atom. The second-order valence-electron chi connectivity index (χ2n) is 4.93. The van der Waals surface area contributed by atoms with Crippen molar-refractivity contribution in [1.82, 2.24) is 4.68 Å². The summed E-state index contributed by atoms with van der Waals surface area (Å²) in [6.07, 6.45) is 1.54. The Kier molecular flexibility index (Phi) is 4.82. The molecule has 0 unspecified atom stereocenters. The van der Waals surface area contributed by atoms with E-state index in [1.165, 1.54) is 23.5 Å². The van der Waals surface area contributed by atoms with E-state index in [2.05, 4.69) is 26.0 Å². The van der Waals surface area contributed by atoms with Gasteiger partial charge in [-0.15, -0.1) is 11.3 Å². The first kappa shape index (κ1) is 16.5. The van der Waals surface area contributed by atoms with Crippen molar-refractivity contribution in [1.29, 1.82) is 0 Å². The quantitative estimate of drug-likeness (QED) is 0.652. The summed E-state index contributed by atoms with van der Waals surface area (Å²) in [5.74, 6) is -0.0256. The highest BCUT2D eigenvalue weighted by atomic mass is 79.9. The first-order valence-electron chi connectivity index (χ1n) is 7.04. The van der Waals surface area contributed by atoms with Crippen LogP contribution in [0.2, 0.25) is 0 Å². The van der Waals surface area contributed by atoms with Gasteiger partial charge in [0.05, 0.1) is 11.9 Å². The highest BCUT2D eigenvalue weighted by Gasteiger charge is 2.07. The van der Waals surface area contributed by atoms with E-state index in [0.717, 1.165) is 20.5 Å². The van der Waals surface area contributed by atoms with Crippen molar-refractivity contribution in [3.8, 4) is 22.8 Å². The monoisotopic (exact) mass is 403 g/mol. The minimum absolute atomic E-state index is 0.00707. The maximum Gasteiger partial charge on any atom is 0.205 e. The van der Waals surface area contributed by atoms with E-state index >= 15 is 0 Å². The number of hydrogen-bond donors (Lipinski definition) is 2. The largest absolute Gasteiger partial charge is 0.508 e. The van der Waals surface area contributed by atoms with Crippen molar-refractivity contribution < 1.29 is 10.2 Å². The molecular formula is C17H14BrN3O2S. The lowest BCUT2D eigenvalue weighted by molar-refractivity contribution is 0.450. The molecule has 3 aromatic rings. The summed E-state index contributed by atoms with van der Waals surface area (Å²) >= 11 is 4.92. The third-order valence-corrected chi connectivity index (χ3v) is 4.78. The number of thiazole rings is 1. The molecule has 1 aromatic heterocycles. The summed E-state index contributed by atoms with van der Waals surface area (Å²) in [7, 11) is 1.71. The molecule has 3 rings (SSSR count). The predicted octanol–water partition coefficient (Wildman–Crippen LogP) is 3.80. The van der Waals surface area contributed by atoms with Gasteiger partial charge in [0.2, 0.25) is 4.80 Å². The standard InChI is InChI=1S/C17H14BrN3O2S/c1-19-17-21(20-9-12-4-7-14(22)8-16(12)23)15(10-24-17)11-2-5-13(18)6-3-11/h2-10,22-23H,1H3. The number of nitrogens with zero attached hydrogens (tertiary/aromatic N) is 3. The van der Waals surface area contributed by atoms with Gasteiger partial charge in [0.25, 0.3) is 0 Å². The van der Waals surface area contributed by atoms with Crippen LogP contribution in [0.1, 0.15) is 5.56 Å². The fourth-order valence-electron chi connectivity index (χ4n) is 2.14. The third-order valence-electron chi connectivity index (χ3n) is 3.34. The maximum absolute atomic E-state index is 9.88. The minimum Gasteiger partial charge on any atom is -0.508 e. The Morgan fingerprint density at radius 3 is 2.54 bits per heavy atom. The number of aromatic hydroxyl groups is 2. The molecule has 0 aliphatic heterocycles. The van der Waals surface area contributed by atoms with Crippen LogP contribution in [-0.2, 0) is 0 Å². The number of halogens is 1. The molecule has 24 heavy (non-hydrogen) atoms. The summed E-state index contributed by atoms with van der Waals surface area (Å²) in [4.78, 5) is 4.98. The summed E-state index contributed by atoms with van der Waals surface area (Å²) in [6.45, 7) is 0. The van der Waals surface area contributed by atoms with E-state index in [4.69, 9.17) is 0 Å². The topological polar surface area (TPSA) is 70.1 Å². The fraction of sp³-hybridized carbons (Fsp3) is 0.0588. The molecule has 0 spiro atoms. The predicted molar refractivity (Wildman–Crippen MR) is 99.7 cm³/mol. The molecule has 0 amide bonds.